The number of fused-ring (bicyclic) bond motifs is 2. The highest BCUT2D eigenvalue weighted by molar-refractivity contribution is 7.98. The van der Waals surface area contributed by atoms with Crippen molar-refractivity contribution in [2.75, 3.05) is 6.79 Å². The zero-order chi connectivity index (χ0) is 20.0. The van der Waals surface area contributed by atoms with E-state index in [2.05, 4.69) is 10.2 Å². The predicted octanol–water partition coefficient (Wildman–Crippen LogP) is 4.83. The fourth-order valence-corrected chi connectivity index (χ4v) is 3.94. The smallest absolute Gasteiger partial charge is 0.336 e. The molecule has 0 saturated carbocycles. The molecule has 146 valence electrons. The molecule has 29 heavy (non-hydrogen) atoms. The highest BCUT2D eigenvalue weighted by atomic mass is 35.5. The first kappa shape index (κ1) is 18.1. The van der Waals surface area contributed by atoms with Crippen molar-refractivity contribution in [1.82, 2.24) is 10.2 Å². The Balaban J connectivity index is 1.40. The van der Waals surface area contributed by atoms with Crippen LogP contribution in [0.4, 0.5) is 0 Å². The van der Waals surface area contributed by atoms with Gasteiger partial charge in [0.1, 0.15) is 5.58 Å². The number of benzene rings is 2. The Labute approximate surface area is 173 Å². The van der Waals surface area contributed by atoms with Gasteiger partial charge in [0.2, 0.25) is 12.7 Å². The van der Waals surface area contributed by atoms with Crippen LogP contribution in [0, 0.1) is 6.92 Å². The normalized spacial score (nSPS) is 12.6. The van der Waals surface area contributed by atoms with E-state index in [-0.39, 0.29) is 6.79 Å². The van der Waals surface area contributed by atoms with Crippen molar-refractivity contribution in [2.24, 2.45) is 0 Å². The van der Waals surface area contributed by atoms with Gasteiger partial charge in [0.15, 0.2) is 11.5 Å². The Kier molecular flexibility index (Phi) is 4.44. The summed E-state index contributed by atoms with van der Waals surface area (Å²) in [5.41, 5.74) is 2.45. The molecule has 2 aromatic heterocycles. The first-order chi connectivity index (χ1) is 14.1. The highest BCUT2D eigenvalue weighted by Gasteiger charge is 2.17. The molecular formula is C20H13ClN2O5S. The number of ether oxygens (including phenoxy) is 2. The summed E-state index contributed by atoms with van der Waals surface area (Å²) in [4.78, 5) is 11.9. The monoisotopic (exact) mass is 428 g/mol. The molecule has 0 N–H and O–H groups in total. The zero-order valence-electron chi connectivity index (χ0n) is 15.1. The Morgan fingerprint density at radius 2 is 1.93 bits per heavy atom. The van der Waals surface area contributed by atoms with Crippen molar-refractivity contribution in [3.8, 4) is 23.0 Å². The minimum absolute atomic E-state index is 0.201. The van der Waals surface area contributed by atoms with Crippen molar-refractivity contribution in [3.63, 3.8) is 0 Å². The van der Waals surface area contributed by atoms with Crippen LogP contribution in [0.5, 0.6) is 11.5 Å². The first-order valence-corrected chi connectivity index (χ1v) is 10.0. The Bertz CT molecular complexity index is 1300. The van der Waals surface area contributed by atoms with Crippen molar-refractivity contribution >= 4 is 34.3 Å². The molecule has 0 unspecified atom stereocenters. The predicted molar refractivity (Wildman–Crippen MR) is 108 cm³/mol. The van der Waals surface area contributed by atoms with Crippen molar-refractivity contribution in [2.45, 2.75) is 17.9 Å². The molecule has 0 spiro atoms. The number of nitrogens with zero attached hydrogens (tertiary/aromatic N) is 2. The van der Waals surface area contributed by atoms with E-state index in [1.807, 2.05) is 13.0 Å². The number of rotatable bonds is 4. The number of aromatic nitrogens is 2. The van der Waals surface area contributed by atoms with Crippen molar-refractivity contribution in [3.05, 3.63) is 63.0 Å². The quantitative estimate of drug-likeness (QED) is 0.337. The Morgan fingerprint density at radius 3 is 2.83 bits per heavy atom. The SMILES string of the molecule is Cc1cc2oc(=O)cc(CSc3nnc(-c4ccc5c(c4)OCO5)o3)c2cc1Cl. The van der Waals surface area contributed by atoms with Gasteiger partial charge in [-0.1, -0.05) is 23.4 Å². The summed E-state index contributed by atoms with van der Waals surface area (Å²) in [6.07, 6.45) is 0. The molecule has 0 atom stereocenters. The summed E-state index contributed by atoms with van der Waals surface area (Å²) < 4.78 is 21.7. The molecule has 0 aliphatic carbocycles. The summed E-state index contributed by atoms with van der Waals surface area (Å²) in [7, 11) is 0. The molecule has 0 bridgehead atoms. The van der Waals surface area contributed by atoms with E-state index < -0.39 is 5.63 Å². The molecule has 2 aromatic carbocycles. The molecule has 1 aliphatic rings. The lowest BCUT2D eigenvalue weighted by molar-refractivity contribution is 0.174. The van der Waals surface area contributed by atoms with E-state index in [9.17, 15) is 4.79 Å². The minimum atomic E-state index is -0.415. The molecular weight excluding hydrogens is 416 g/mol. The van der Waals surface area contributed by atoms with Gasteiger partial charge in [-0.3, -0.25) is 0 Å². The third kappa shape index (κ3) is 3.45. The van der Waals surface area contributed by atoms with Gasteiger partial charge in [0.05, 0.1) is 0 Å². The molecule has 5 rings (SSSR count). The lowest BCUT2D eigenvalue weighted by Gasteiger charge is -2.06. The number of hydrogen-bond acceptors (Lipinski definition) is 8. The van der Waals surface area contributed by atoms with E-state index in [0.29, 0.717) is 39.0 Å². The second-order valence-electron chi connectivity index (χ2n) is 6.42. The largest absolute Gasteiger partial charge is 0.454 e. The summed E-state index contributed by atoms with van der Waals surface area (Å²) in [6, 6.07) is 10.4. The van der Waals surface area contributed by atoms with Gasteiger partial charge in [-0.25, -0.2) is 4.79 Å². The van der Waals surface area contributed by atoms with Crippen molar-refractivity contribution < 1.29 is 18.3 Å². The van der Waals surface area contributed by atoms with E-state index in [4.69, 9.17) is 29.9 Å². The average Bonchev–Trinajstić information content (AvgIpc) is 3.36. The molecule has 9 heteroatoms. The van der Waals surface area contributed by atoms with Gasteiger partial charge < -0.3 is 18.3 Å². The van der Waals surface area contributed by atoms with E-state index >= 15 is 0 Å². The Morgan fingerprint density at radius 1 is 1.07 bits per heavy atom. The van der Waals surface area contributed by atoms with Crippen LogP contribution in [0.3, 0.4) is 0 Å². The first-order valence-electron chi connectivity index (χ1n) is 8.66. The van der Waals surface area contributed by atoms with Gasteiger partial charge in [0.25, 0.3) is 5.22 Å². The number of halogens is 1. The number of aryl methyl sites for hydroxylation is 1. The average molecular weight is 429 g/mol. The van der Waals surface area contributed by atoms with Crippen molar-refractivity contribution in [1.29, 1.82) is 0 Å². The van der Waals surface area contributed by atoms with Crippen LogP contribution in [0.15, 0.2) is 55.2 Å². The van der Waals surface area contributed by atoms with Crippen LogP contribution >= 0.6 is 23.4 Å². The van der Waals surface area contributed by atoms with Gasteiger partial charge in [0, 0.05) is 27.8 Å². The van der Waals surface area contributed by atoms with Crippen LogP contribution in [0.25, 0.3) is 22.4 Å². The number of thioether (sulfide) groups is 1. The fraction of sp³-hybridized carbons (Fsp3) is 0.150. The fourth-order valence-electron chi connectivity index (χ4n) is 3.02. The van der Waals surface area contributed by atoms with E-state index in [0.717, 1.165) is 22.1 Å². The summed E-state index contributed by atoms with van der Waals surface area (Å²) >= 11 is 7.57. The van der Waals surface area contributed by atoms with Crippen LogP contribution in [0.1, 0.15) is 11.1 Å². The van der Waals surface area contributed by atoms with Gasteiger partial charge in [-0.05, 0) is 48.4 Å². The summed E-state index contributed by atoms with van der Waals surface area (Å²) in [5.74, 6) is 2.16. The molecule has 1 aliphatic heterocycles. The minimum Gasteiger partial charge on any atom is -0.454 e. The van der Waals surface area contributed by atoms with Crippen LogP contribution < -0.4 is 15.1 Å². The third-order valence-electron chi connectivity index (χ3n) is 4.49. The lowest BCUT2D eigenvalue weighted by Crippen LogP contribution is -2.00. The molecule has 0 amide bonds. The van der Waals surface area contributed by atoms with Gasteiger partial charge in [-0.2, -0.15) is 0 Å². The maximum absolute atomic E-state index is 11.9. The molecule has 4 aromatic rings. The van der Waals surface area contributed by atoms with Gasteiger partial charge >= 0.3 is 5.63 Å². The molecule has 0 fully saturated rings. The standard InChI is InChI=1S/C20H13ClN2O5S/c1-10-4-16-13(7-14(10)21)12(6-18(24)27-16)8-29-20-23-22-19(28-20)11-2-3-15-17(5-11)26-9-25-15/h2-7H,8-9H2,1H3. The Hall–Kier alpha value is -2.97. The lowest BCUT2D eigenvalue weighted by atomic mass is 10.1. The molecule has 0 radical (unpaired) electrons. The maximum Gasteiger partial charge on any atom is 0.336 e. The van der Waals surface area contributed by atoms with Crippen LogP contribution in [0.2, 0.25) is 5.02 Å². The molecule has 3 heterocycles. The van der Waals surface area contributed by atoms with E-state index in [1.54, 1.807) is 24.3 Å². The second-order valence-corrected chi connectivity index (χ2v) is 7.75. The molecule has 0 saturated heterocycles. The van der Waals surface area contributed by atoms with Gasteiger partial charge in [-0.15, -0.1) is 10.2 Å². The summed E-state index contributed by atoms with van der Waals surface area (Å²) in [5, 5.41) is 9.96. The summed E-state index contributed by atoms with van der Waals surface area (Å²) in [6.45, 7) is 2.06. The highest BCUT2D eigenvalue weighted by Crippen LogP contribution is 2.36. The molecule has 7 nitrogen and oxygen atoms in total. The number of hydrogen-bond donors (Lipinski definition) is 0. The topological polar surface area (TPSA) is 87.6 Å². The third-order valence-corrected chi connectivity index (χ3v) is 5.76. The maximum atomic E-state index is 11.9. The second kappa shape index (κ2) is 7.13. The van der Waals surface area contributed by atoms with Crippen LogP contribution in [-0.2, 0) is 5.75 Å². The zero-order valence-corrected chi connectivity index (χ0v) is 16.7. The van der Waals surface area contributed by atoms with Crippen LogP contribution in [-0.4, -0.2) is 17.0 Å². The van der Waals surface area contributed by atoms with E-state index in [1.165, 1.54) is 17.8 Å².